The van der Waals surface area contributed by atoms with Crippen molar-refractivity contribution < 1.29 is 42.6 Å². The predicted molar refractivity (Wildman–Crippen MR) is 72.7 cm³/mol. The normalized spacial score (nSPS) is 9.53. The Morgan fingerprint density at radius 1 is 1.21 bits per heavy atom. The van der Waals surface area contributed by atoms with Gasteiger partial charge in [0.15, 0.2) is 0 Å². The van der Waals surface area contributed by atoms with Crippen LogP contribution < -0.4 is 4.74 Å². The summed E-state index contributed by atoms with van der Waals surface area (Å²) < 4.78 is 5.01. The van der Waals surface area contributed by atoms with Gasteiger partial charge in [0, 0.05) is 32.7 Å². The molecule has 0 saturated heterocycles. The molecule has 0 unspecified atom stereocenters. The van der Waals surface area contributed by atoms with Gasteiger partial charge < -0.3 is 9.84 Å². The zero-order valence-electron chi connectivity index (χ0n) is 11.0. The quantitative estimate of drug-likeness (QED) is 0.872. The number of methoxy groups -OCH3 is 1. The topological polar surface area (TPSA) is 29.5 Å². The van der Waals surface area contributed by atoms with Crippen molar-refractivity contribution in [2.24, 2.45) is 0 Å². The van der Waals surface area contributed by atoms with E-state index in [1.807, 2.05) is 24.3 Å². The first-order valence-corrected chi connectivity index (χ1v) is 5.81. The Balaban J connectivity index is 0.00000180. The summed E-state index contributed by atoms with van der Waals surface area (Å²) in [5.41, 5.74) is 3.19. The average Bonchev–Trinajstić information content (AvgIpc) is 2.38. The molecule has 0 aliphatic carbocycles. The second-order valence-corrected chi connectivity index (χ2v) is 4.11. The first-order chi connectivity index (χ1) is 8.70. The summed E-state index contributed by atoms with van der Waals surface area (Å²) in [4.78, 5) is 0. The van der Waals surface area contributed by atoms with Crippen LogP contribution in [0.5, 0.6) is 11.5 Å². The van der Waals surface area contributed by atoms with Crippen molar-refractivity contribution in [2.75, 3.05) is 7.11 Å². The fraction of sp³-hybridized carbons (Fsp3) is 0.125. The zero-order chi connectivity index (χ0) is 13.0. The molecule has 0 amide bonds. The van der Waals surface area contributed by atoms with Crippen LogP contribution >= 0.6 is 0 Å². The second kappa shape index (κ2) is 7.47. The van der Waals surface area contributed by atoms with Crippen molar-refractivity contribution in [2.45, 2.75) is 6.42 Å². The Kier molecular flexibility index (Phi) is 6.26. The molecule has 0 atom stereocenters. The maximum absolute atomic E-state index is 9.69. The maximum Gasteiger partial charge on any atom is 0.135 e. The van der Waals surface area contributed by atoms with Crippen molar-refractivity contribution in [3.05, 3.63) is 72.5 Å². The monoisotopic (exact) mass is 329 g/mol. The van der Waals surface area contributed by atoms with E-state index in [1.54, 1.807) is 12.1 Å². The van der Waals surface area contributed by atoms with E-state index in [4.69, 9.17) is 4.74 Å². The first-order valence-electron chi connectivity index (χ1n) is 5.81. The zero-order valence-corrected chi connectivity index (χ0v) is 13.8. The van der Waals surface area contributed by atoms with Crippen LogP contribution in [0.15, 0.2) is 42.5 Å². The molecule has 0 aliphatic rings. The van der Waals surface area contributed by atoms with E-state index in [0.717, 1.165) is 17.5 Å². The van der Waals surface area contributed by atoms with E-state index in [1.165, 1.54) is 12.7 Å². The van der Waals surface area contributed by atoms with Crippen LogP contribution in [0.1, 0.15) is 16.7 Å². The number of hydrogen-bond acceptors (Lipinski definition) is 2. The standard InChI is InChI=1S/C16H16O2.Y/c1-12-5-3-4-6-14(12)9-7-13-8-10-16(18-2)15(17)11-13;/h3-8,10-11,17H,1,9H2,2H3;/q-2;. The van der Waals surface area contributed by atoms with E-state index in [2.05, 4.69) is 19.4 Å². The molecule has 0 bridgehead atoms. The summed E-state index contributed by atoms with van der Waals surface area (Å²) in [5, 5.41) is 9.69. The van der Waals surface area contributed by atoms with Crippen molar-refractivity contribution in [1.82, 2.24) is 0 Å². The molecule has 3 heteroatoms. The fourth-order valence-electron chi connectivity index (χ4n) is 1.82. The smallest absolute Gasteiger partial charge is 0.135 e. The third-order valence-corrected chi connectivity index (χ3v) is 2.88. The van der Waals surface area contributed by atoms with Gasteiger partial charge >= 0.3 is 0 Å². The summed E-state index contributed by atoms with van der Waals surface area (Å²) >= 11 is 0. The summed E-state index contributed by atoms with van der Waals surface area (Å²) in [6, 6.07) is 13.4. The van der Waals surface area contributed by atoms with Gasteiger partial charge in [0.25, 0.3) is 0 Å². The summed E-state index contributed by atoms with van der Waals surface area (Å²) in [7, 11) is 1.54. The van der Waals surface area contributed by atoms with Gasteiger partial charge in [-0.05, 0) is 0 Å². The number of rotatable bonds is 4. The first kappa shape index (κ1) is 15.9. The maximum atomic E-state index is 9.69. The van der Waals surface area contributed by atoms with E-state index < -0.39 is 0 Å². The van der Waals surface area contributed by atoms with Crippen LogP contribution in [0.3, 0.4) is 0 Å². The molecule has 2 aromatic carbocycles. The van der Waals surface area contributed by atoms with Gasteiger partial charge in [0.1, 0.15) is 11.5 Å². The summed E-state index contributed by atoms with van der Waals surface area (Å²) in [6.07, 6.45) is 2.86. The average molecular weight is 329 g/mol. The van der Waals surface area contributed by atoms with Gasteiger partial charge in [0.2, 0.25) is 0 Å². The Morgan fingerprint density at radius 2 is 1.95 bits per heavy atom. The molecular formula is C16H16O2Y-2. The Bertz CT molecular complexity index is 538. The largest absolute Gasteiger partial charge is 0.517 e. The molecule has 0 spiro atoms. The fourth-order valence-corrected chi connectivity index (χ4v) is 1.82. The molecule has 2 aromatic rings. The molecule has 0 saturated carbocycles. The van der Waals surface area contributed by atoms with Crippen molar-refractivity contribution in [1.29, 1.82) is 0 Å². The molecule has 0 fully saturated rings. The van der Waals surface area contributed by atoms with Gasteiger partial charge in [-0.1, -0.05) is 12.1 Å². The van der Waals surface area contributed by atoms with Crippen LogP contribution in [0.25, 0.3) is 0 Å². The van der Waals surface area contributed by atoms with E-state index in [0.29, 0.717) is 5.75 Å². The molecule has 0 aliphatic heterocycles. The van der Waals surface area contributed by atoms with Crippen LogP contribution in [0.4, 0.5) is 0 Å². The van der Waals surface area contributed by atoms with Gasteiger partial charge in [0.05, 0.1) is 7.11 Å². The van der Waals surface area contributed by atoms with Gasteiger partial charge in [-0.2, -0.15) is 42.2 Å². The second-order valence-electron chi connectivity index (χ2n) is 4.11. The number of phenols is 1. The van der Waals surface area contributed by atoms with E-state index >= 15 is 0 Å². The molecular weight excluding hydrogens is 313 g/mol. The van der Waals surface area contributed by atoms with Crippen LogP contribution in [0, 0.1) is 13.3 Å². The summed E-state index contributed by atoms with van der Waals surface area (Å²) in [6.45, 7) is 3.99. The van der Waals surface area contributed by atoms with Crippen molar-refractivity contribution in [3.8, 4) is 11.5 Å². The Morgan fingerprint density at radius 3 is 2.58 bits per heavy atom. The van der Waals surface area contributed by atoms with Gasteiger partial charge in [-0.25, -0.2) is 0 Å². The third kappa shape index (κ3) is 4.19. The third-order valence-electron chi connectivity index (χ3n) is 2.88. The van der Waals surface area contributed by atoms with Crippen LogP contribution in [-0.4, -0.2) is 12.2 Å². The minimum atomic E-state index is 0. The number of aromatic hydroxyl groups is 1. The van der Waals surface area contributed by atoms with Crippen molar-refractivity contribution >= 4 is 0 Å². The molecule has 97 valence electrons. The number of hydrogen-bond donors (Lipinski definition) is 1. The number of ether oxygens (including phenoxy) is 1. The molecule has 0 aromatic heterocycles. The van der Waals surface area contributed by atoms with E-state index in [-0.39, 0.29) is 38.5 Å². The van der Waals surface area contributed by atoms with Crippen LogP contribution in [0.2, 0.25) is 0 Å². The minimum Gasteiger partial charge on any atom is -0.517 e. The molecule has 1 N–H and O–H groups in total. The summed E-state index contributed by atoms with van der Waals surface area (Å²) in [5.74, 6) is 0.652. The minimum absolute atomic E-state index is 0. The molecule has 2 rings (SSSR count). The molecule has 1 radical (unpaired) electrons. The van der Waals surface area contributed by atoms with E-state index in [9.17, 15) is 5.11 Å². The SMILES string of the molecule is [CH2-]c1ccccc1C[CH-]c1ccc(OC)c(O)c1.[Y]. The number of benzene rings is 2. The molecule has 0 heterocycles. The molecule has 2 nitrogen and oxygen atoms in total. The Hall–Kier alpha value is -1.12. The van der Waals surface area contributed by atoms with Crippen LogP contribution in [-0.2, 0) is 39.1 Å². The van der Waals surface area contributed by atoms with Crippen molar-refractivity contribution in [3.63, 3.8) is 0 Å². The van der Waals surface area contributed by atoms with Gasteiger partial charge in [-0.15, -0.1) is 24.6 Å². The Labute approximate surface area is 139 Å². The predicted octanol–water partition coefficient (Wildman–Crippen LogP) is 3.38. The molecule has 19 heavy (non-hydrogen) atoms. The number of phenolic OH excluding ortho intramolecular Hbond substituents is 1. The van der Waals surface area contributed by atoms with Gasteiger partial charge in [-0.3, -0.25) is 0 Å².